The van der Waals surface area contributed by atoms with Crippen molar-refractivity contribution in [3.63, 3.8) is 0 Å². The van der Waals surface area contributed by atoms with Crippen LogP contribution in [0.4, 0.5) is 0 Å². The number of benzene rings is 2. The molecule has 3 atom stereocenters. The Labute approximate surface area is 133 Å². The Bertz CT molecular complexity index is 641. The Balaban J connectivity index is 1.75. The van der Waals surface area contributed by atoms with Gasteiger partial charge in [-0.05, 0) is 29.8 Å². The first-order chi connectivity index (χ1) is 10.7. The molecule has 5 heteroatoms. The topological polar surface area (TPSA) is 55.8 Å². The normalized spacial score (nSPS) is 24.1. The van der Waals surface area contributed by atoms with Crippen LogP contribution < -0.4 is 4.74 Å². The highest BCUT2D eigenvalue weighted by Gasteiger charge is 2.45. The quantitative estimate of drug-likeness (QED) is 0.879. The minimum Gasteiger partial charge on any atom is -0.497 e. The Morgan fingerprint density at radius 2 is 1.77 bits per heavy atom. The molecule has 2 aromatic rings. The predicted octanol–water partition coefficient (Wildman–Crippen LogP) is 2.81. The van der Waals surface area contributed by atoms with Crippen LogP contribution in [0.25, 0.3) is 0 Å². The number of cyclic esters (lactones) is 1. The molecule has 1 fully saturated rings. The second-order valence-corrected chi connectivity index (χ2v) is 6.19. The number of methoxy groups -OCH3 is 1. The van der Waals surface area contributed by atoms with Crippen LogP contribution in [0.3, 0.4) is 0 Å². The van der Waals surface area contributed by atoms with E-state index in [2.05, 4.69) is 0 Å². The van der Waals surface area contributed by atoms with Gasteiger partial charge >= 0.3 is 5.97 Å². The summed E-state index contributed by atoms with van der Waals surface area (Å²) in [6, 6.07) is 16.7. The molecule has 1 heterocycles. The highest BCUT2D eigenvalue weighted by Crippen LogP contribution is 2.39. The van der Waals surface area contributed by atoms with Crippen molar-refractivity contribution in [3.8, 4) is 5.75 Å². The second kappa shape index (κ2) is 6.42. The zero-order valence-electron chi connectivity index (χ0n) is 12.0. The molecule has 0 unspecified atom stereocenters. The van der Waals surface area contributed by atoms with Gasteiger partial charge in [0.2, 0.25) is 0 Å². The van der Waals surface area contributed by atoms with Gasteiger partial charge in [-0.15, -0.1) is 11.8 Å². The smallest absolute Gasteiger partial charge is 0.322 e. The first-order valence-corrected chi connectivity index (χ1v) is 7.81. The Morgan fingerprint density at radius 1 is 1.09 bits per heavy atom. The summed E-state index contributed by atoms with van der Waals surface area (Å²) >= 11 is 1.30. The maximum Gasteiger partial charge on any atom is 0.322 e. The standard InChI is InChI=1S/C17H16O4S/c1-20-12-7-9-13(10-8-12)22-16-14(18)15(21-17(16)19)11-5-3-2-4-6-11/h2-10,14-16,18H,1H3/t14-,15+,16-/m0/s1. The first-order valence-electron chi connectivity index (χ1n) is 6.93. The van der Waals surface area contributed by atoms with Crippen molar-refractivity contribution in [1.29, 1.82) is 0 Å². The molecule has 1 aliphatic rings. The molecule has 2 aromatic carbocycles. The van der Waals surface area contributed by atoms with Gasteiger partial charge < -0.3 is 14.6 Å². The lowest BCUT2D eigenvalue weighted by molar-refractivity contribution is -0.141. The van der Waals surface area contributed by atoms with E-state index < -0.39 is 17.5 Å². The molecule has 0 saturated carbocycles. The summed E-state index contributed by atoms with van der Waals surface area (Å²) in [5.41, 5.74) is 0.807. The number of aliphatic hydroxyl groups excluding tert-OH is 1. The third-order valence-electron chi connectivity index (χ3n) is 3.55. The lowest BCUT2D eigenvalue weighted by Crippen LogP contribution is -2.24. The van der Waals surface area contributed by atoms with Crippen LogP contribution in [-0.2, 0) is 9.53 Å². The number of carbonyl (C=O) groups excluding carboxylic acids is 1. The zero-order valence-corrected chi connectivity index (χ0v) is 12.8. The summed E-state index contributed by atoms with van der Waals surface area (Å²) in [6.45, 7) is 0. The Morgan fingerprint density at radius 3 is 2.41 bits per heavy atom. The van der Waals surface area contributed by atoms with E-state index in [1.807, 2.05) is 54.6 Å². The third kappa shape index (κ3) is 2.96. The van der Waals surface area contributed by atoms with Crippen LogP contribution >= 0.6 is 11.8 Å². The molecule has 114 valence electrons. The van der Waals surface area contributed by atoms with E-state index in [9.17, 15) is 9.90 Å². The Hall–Kier alpha value is -1.98. The molecular weight excluding hydrogens is 300 g/mol. The largest absolute Gasteiger partial charge is 0.497 e. The molecule has 0 radical (unpaired) electrons. The lowest BCUT2D eigenvalue weighted by atomic mass is 10.0. The molecule has 3 rings (SSSR count). The molecule has 1 saturated heterocycles. The summed E-state index contributed by atoms with van der Waals surface area (Å²) < 4.78 is 10.5. The number of ether oxygens (including phenoxy) is 2. The van der Waals surface area contributed by atoms with Gasteiger partial charge in [0, 0.05) is 4.90 Å². The van der Waals surface area contributed by atoms with Crippen LogP contribution in [0.1, 0.15) is 11.7 Å². The monoisotopic (exact) mass is 316 g/mol. The molecule has 0 spiro atoms. The van der Waals surface area contributed by atoms with Gasteiger partial charge in [-0.2, -0.15) is 0 Å². The minimum absolute atomic E-state index is 0.387. The van der Waals surface area contributed by atoms with E-state index in [4.69, 9.17) is 9.47 Å². The molecule has 0 amide bonds. The van der Waals surface area contributed by atoms with Crippen molar-refractivity contribution in [2.75, 3.05) is 7.11 Å². The number of hydrogen-bond acceptors (Lipinski definition) is 5. The molecule has 22 heavy (non-hydrogen) atoms. The number of aliphatic hydroxyl groups is 1. The van der Waals surface area contributed by atoms with Crippen molar-refractivity contribution < 1.29 is 19.4 Å². The van der Waals surface area contributed by atoms with Crippen molar-refractivity contribution in [2.45, 2.75) is 22.4 Å². The van der Waals surface area contributed by atoms with Crippen LogP contribution in [-0.4, -0.2) is 29.5 Å². The summed E-state index contributed by atoms with van der Waals surface area (Å²) in [5.74, 6) is 0.364. The van der Waals surface area contributed by atoms with E-state index in [1.54, 1.807) is 7.11 Å². The molecule has 1 N–H and O–H groups in total. The molecule has 0 bridgehead atoms. The number of rotatable bonds is 4. The van der Waals surface area contributed by atoms with Crippen molar-refractivity contribution >= 4 is 17.7 Å². The summed E-state index contributed by atoms with van der Waals surface area (Å²) in [7, 11) is 1.60. The minimum atomic E-state index is -0.873. The molecule has 0 aromatic heterocycles. The van der Waals surface area contributed by atoms with Crippen LogP contribution in [0.5, 0.6) is 5.75 Å². The van der Waals surface area contributed by atoms with Crippen LogP contribution in [0.2, 0.25) is 0 Å². The highest BCUT2D eigenvalue weighted by atomic mass is 32.2. The maximum absolute atomic E-state index is 12.1. The van der Waals surface area contributed by atoms with Gasteiger partial charge in [-0.25, -0.2) is 0 Å². The van der Waals surface area contributed by atoms with Gasteiger partial charge in [-0.1, -0.05) is 30.3 Å². The predicted molar refractivity (Wildman–Crippen MR) is 83.9 cm³/mol. The molecule has 1 aliphatic heterocycles. The van der Waals surface area contributed by atoms with E-state index >= 15 is 0 Å². The summed E-state index contributed by atoms with van der Waals surface area (Å²) in [4.78, 5) is 13.0. The molecule has 0 aliphatic carbocycles. The second-order valence-electron chi connectivity index (χ2n) is 4.97. The fraction of sp³-hybridized carbons (Fsp3) is 0.235. The summed E-state index contributed by atoms with van der Waals surface area (Å²) in [6.07, 6.45) is -1.48. The lowest BCUT2D eigenvalue weighted by Gasteiger charge is -2.15. The van der Waals surface area contributed by atoms with Crippen LogP contribution in [0.15, 0.2) is 59.5 Å². The number of esters is 1. The van der Waals surface area contributed by atoms with Gasteiger partial charge in [0.25, 0.3) is 0 Å². The van der Waals surface area contributed by atoms with Gasteiger partial charge in [0.05, 0.1) is 7.11 Å². The van der Waals surface area contributed by atoms with E-state index in [0.29, 0.717) is 0 Å². The Kier molecular flexibility index (Phi) is 4.36. The molecular formula is C17H16O4S. The SMILES string of the molecule is COc1ccc(S[C@@H]2C(=O)O[C@H](c3ccccc3)[C@@H]2O)cc1. The van der Waals surface area contributed by atoms with Crippen LogP contribution in [0, 0.1) is 0 Å². The fourth-order valence-corrected chi connectivity index (χ4v) is 3.41. The van der Waals surface area contributed by atoms with E-state index in [0.717, 1.165) is 16.2 Å². The van der Waals surface area contributed by atoms with E-state index in [1.165, 1.54) is 11.8 Å². The zero-order chi connectivity index (χ0) is 15.5. The number of hydrogen-bond donors (Lipinski definition) is 1. The average molecular weight is 316 g/mol. The highest BCUT2D eigenvalue weighted by molar-refractivity contribution is 8.00. The average Bonchev–Trinajstić information content (AvgIpc) is 2.84. The van der Waals surface area contributed by atoms with Gasteiger partial charge in [0.15, 0.2) is 6.10 Å². The number of carbonyl (C=O) groups is 1. The van der Waals surface area contributed by atoms with Gasteiger partial charge in [-0.3, -0.25) is 4.79 Å². The molecule has 4 nitrogen and oxygen atoms in total. The van der Waals surface area contributed by atoms with Crippen molar-refractivity contribution in [3.05, 3.63) is 60.2 Å². The third-order valence-corrected chi connectivity index (χ3v) is 4.82. The first kappa shape index (κ1) is 14.9. The fourth-order valence-electron chi connectivity index (χ4n) is 2.39. The van der Waals surface area contributed by atoms with Crippen molar-refractivity contribution in [1.82, 2.24) is 0 Å². The van der Waals surface area contributed by atoms with Gasteiger partial charge in [0.1, 0.15) is 17.1 Å². The van der Waals surface area contributed by atoms with E-state index in [-0.39, 0.29) is 5.97 Å². The van der Waals surface area contributed by atoms with Crippen molar-refractivity contribution in [2.24, 2.45) is 0 Å². The number of thioether (sulfide) groups is 1. The summed E-state index contributed by atoms with van der Waals surface area (Å²) in [5, 5.41) is 9.82. The maximum atomic E-state index is 12.1.